The van der Waals surface area contributed by atoms with Gasteiger partial charge in [0.2, 0.25) is 5.75 Å². The average molecular weight is 338 g/mol. The van der Waals surface area contributed by atoms with Crippen LogP contribution < -0.4 is 4.74 Å². The molecule has 1 N–H and O–H groups in total. The molecule has 0 aromatic heterocycles. The van der Waals surface area contributed by atoms with Crippen molar-refractivity contribution in [2.75, 3.05) is 0 Å². The molecule has 2 rings (SSSR count). The van der Waals surface area contributed by atoms with E-state index in [0.29, 0.717) is 16.9 Å². The second kappa shape index (κ2) is 6.02. The van der Waals surface area contributed by atoms with Crippen LogP contribution in [0.2, 0.25) is 0 Å². The summed E-state index contributed by atoms with van der Waals surface area (Å²) >= 11 is 3.31. The summed E-state index contributed by atoms with van der Waals surface area (Å²) in [5, 5.41) is 20.4. The maximum Gasteiger partial charge on any atom is 0.314 e. The molecule has 2 aromatic rings. The van der Waals surface area contributed by atoms with E-state index in [4.69, 9.17) is 4.74 Å². The van der Waals surface area contributed by atoms with Crippen LogP contribution in [0.3, 0.4) is 0 Å². The zero-order valence-corrected chi connectivity index (χ0v) is 12.3. The molecule has 0 bridgehead atoms. The number of ether oxygens (including phenoxy) is 1. The average Bonchev–Trinajstić information content (AvgIpc) is 2.38. The Labute approximate surface area is 124 Å². The minimum atomic E-state index is -0.471. The second-order valence-electron chi connectivity index (χ2n) is 4.19. The smallest absolute Gasteiger partial charge is 0.314 e. The van der Waals surface area contributed by atoms with Gasteiger partial charge in [0.1, 0.15) is 5.75 Å². The molecule has 0 saturated carbocycles. The van der Waals surface area contributed by atoms with E-state index in [0.717, 1.165) is 4.47 Å². The fourth-order valence-electron chi connectivity index (χ4n) is 1.82. The third kappa shape index (κ3) is 2.97. The zero-order chi connectivity index (χ0) is 14.7. The minimum absolute atomic E-state index is 0.0728. The van der Waals surface area contributed by atoms with Crippen LogP contribution in [-0.4, -0.2) is 10.0 Å². The normalized spacial score (nSPS) is 10.3. The Hall–Kier alpha value is -1.92. The molecule has 0 amide bonds. The van der Waals surface area contributed by atoms with E-state index in [2.05, 4.69) is 15.9 Å². The van der Waals surface area contributed by atoms with Gasteiger partial charge in [0, 0.05) is 15.6 Å². The minimum Gasteiger partial charge on any atom is -0.450 e. The summed E-state index contributed by atoms with van der Waals surface area (Å²) in [6, 6.07) is 10.0. The van der Waals surface area contributed by atoms with Crippen LogP contribution >= 0.6 is 15.9 Å². The highest BCUT2D eigenvalue weighted by molar-refractivity contribution is 9.10. The lowest BCUT2D eigenvalue weighted by Gasteiger charge is -2.11. The van der Waals surface area contributed by atoms with Crippen LogP contribution in [0.4, 0.5) is 5.69 Å². The van der Waals surface area contributed by atoms with E-state index < -0.39 is 4.92 Å². The van der Waals surface area contributed by atoms with Crippen molar-refractivity contribution in [1.82, 2.24) is 0 Å². The molecule has 6 heteroatoms. The highest BCUT2D eigenvalue weighted by Gasteiger charge is 2.19. The first-order valence-electron chi connectivity index (χ1n) is 5.84. The third-order valence-electron chi connectivity index (χ3n) is 2.80. The van der Waals surface area contributed by atoms with E-state index in [1.165, 1.54) is 6.07 Å². The van der Waals surface area contributed by atoms with Gasteiger partial charge in [0.25, 0.3) is 0 Å². The molecule has 0 spiro atoms. The SMILES string of the molecule is Cc1cccc(Oc2cc(Br)ccc2CO)c1[N+](=O)[O-]. The maximum absolute atomic E-state index is 11.1. The van der Waals surface area contributed by atoms with Crippen LogP contribution in [0.1, 0.15) is 11.1 Å². The van der Waals surface area contributed by atoms with Gasteiger partial charge in [-0.2, -0.15) is 0 Å². The van der Waals surface area contributed by atoms with Crippen LogP contribution in [0.15, 0.2) is 40.9 Å². The van der Waals surface area contributed by atoms with Gasteiger partial charge in [0.15, 0.2) is 0 Å². The van der Waals surface area contributed by atoms with Gasteiger partial charge < -0.3 is 9.84 Å². The predicted molar refractivity (Wildman–Crippen MR) is 78.0 cm³/mol. The zero-order valence-electron chi connectivity index (χ0n) is 10.7. The van der Waals surface area contributed by atoms with E-state index in [-0.39, 0.29) is 18.0 Å². The van der Waals surface area contributed by atoms with Crippen LogP contribution in [0.5, 0.6) is 11.5 Å². The first kappa shape index (κ1) is 14.5. The van der Waals surface area contributed by atoms with Crippen molar-refractivity contribution in [3.05, 3.63) is 62.1 Å². The molecule has 5 nitrogen and oxygen atoms in total. The number of aliphatic hydroxyl groups excluding tert-OH is 1. The Kier molecular flexibility index (Phi) is 4.36. The van der Waals surface area contributed by atoms with E-state index in [9.17, 15) is 15.2 Å². The van der Waals surface area contributed by atoms with Gasteiger partial charge in [-0.25, -0.2) is 0 Å². The lowest BCUT2D eigenvalue weighted by Crippen LogP contribution is -1.98. The molecule has 0 atom stereocenters. The number of nitrogens with zero attached hydrogens (tertiary/aromatic N) is 1. The lowest BCUT2D eigenvalue weighted by molar-refractivity contribution is -0.386. The van der Waals surface area contributed by atoms with E-state index in [1.54, 1.807) is 37.3 Å². The molecule has 2 aromatic carbocycles. The maximum atomic E-state index is 11.1. The molecule has 0 aliphatic heterocycles. The number of benzene rings is 2. The van der Waals surface area contributed by atoms with Crippen molar-refractivity contribution in [1.29, 1.82) is 0 Å². The molecular formula is C14H12BrNO4. The van der Waals surface area contributed by atoms with Gasteiger partial charge in [0.05, 0.1) is 11.5 Å². The molecule has 0 aliphatic carbocycles. The molecule has 20 heavy (non-hydrogen) atoms. The molecule has 104 valence electrons. The largest absolute Gasteiger partial charge is 0.450 e. The Morgan fingerprint density at radius 1 is 1.30 bits per heavy atom. The van der Waals surface area contributed by atoms with Crippen molar-refractivity contribution in [3.8, 4) is 11.5 Å². The lowest BCUT2D eigenvalue weighted by atomic mass is 10.2. The Balaban J connectivity index is 2.48. The molecule has 0 radical (unpaired) electrons. The summed E-state index contributed by atoms with van der Waals surface area (Å²) in [4.78, 5) is 10.7. The number of para-hydroxylation sites is 1. The number of aliphatic hydroxyl groups is 1. The molecule has 0 unspecified atom stereocenters. The molecule has 0 heterocycles. The van der Waals surface area contributed by atoms with E-state index >= 15 is 0 Å². The van der Waals surface area contributed by atoms with Crippen LogP contribution in [0.25, 0.3) is 0 Å². The van der Waals surface area contributed by atoms with Gasteiger partial charge in [-0.05, 0) is 25.1 Å². The fraction of sp³-hybridized carbons (Fsp3) is 0.143. The third-order valence-corrected chi connectivity index (χ3v) is 3.30. The molecular weight excluding hydrogens is 326 g/mol. The standard InChI is InChI=1S/C14H12BrNO4/c1-9-3-2-4-12(14(9)16(18)19)20-13-7-11(15)6-5-10(13)8-17/h2-7,17H,8H2,1H3. The monoisotopic (exact) mass is 337 g/mol. The quantitative estimate of drug-likeness (QED) is 0.677. The summed E-state index contributed by atoms with van der Waals surface area (Å²) in [5.74, 6) is 0.540. The number of hydrogen-bond donors (Lipinski definition) is 1. The molecule has 0 aliphatic rings. The second-order valence-corrected chi connectivity index (χ2v) is 5.11. The Bertz CT molecular complexity index is 658. The van der Waals surface area contributed by atoms with Crippen LogP contribution in [0, 0.1) is 17.0 Å². The Morgan fingerprint density at radius 3 is 2.70 bits per heavy atom. The van der Waals surface area contributed by atoms with Gasteiger partial charge >= 0.3 is 5.69 Å². The van der Waals surface area contributed by atoms with Crippen molar-refractivity contribution < 1.29 is 14.8 Å². The number of nitro groups is 1. The summed E-state index contributed by atoms with van der Waals surface area (Å²) in [6.45, 7) is 1.45. The van der Waals surface area contributed by atoms with Crippen molar-refractivity contribution >= 4 is 21.6 Å². The number of nitro benzene ring substituents is 1. The first-order chi connectivity index (χ1) is 9.52. The highest BCUT2D eigenvalue weighted by atomic mass is 79.9. The van der Waals surface area contributed by atoms with Crippen molar-refractivity contribution in [3.63, 3.8) is 0 Å². The summed E-state index contributed by atoms with van der Waals surface area (Å²) in [5.41, 5.74) is 1.01. The summed E-state index contributed by atoms with van der Waals surface area (Å²) < 4.78 is 6.39. The van der Waals surface area contributed by atoms with Gasteiger partial charge in [-0.1, -0.05) is 34.1 Å². The van der Waals surface area contributed by atoms with E-state index in [1.807, 2.05) is 0 Å². The summed E-state index contributed by atoms with van der Waals surface area (Å²) in [7, 11) is 0. The number of aryl methyl sites for hydroxylation is 1. The predicted octanol–water partition coefficient (Wildman–Crippen LogP) is 3.95. The molecule has 0 fully saturated rings. The van der Waals surface area contributed by atoms with Crippen molar-refractivity contribution in [2.45, 2.75) is 13.5 Å². The van der Waals surface area contributed by atoms with Crippen LogP contribution in [-0.2, 0) is 6.61 Å². The van der Waals surface area contributed by atoms with Gasteiger partial charge in [-0.3, -0.25) is 10.1 Å². The highest BCUT2D eigenvalue weighted by Crippen LogP contribution is 2.36. The molecule has 0 saturated heterocycles. The topological polar surface area (TPSA) is 72.6 Å². The van der Waals surface area contributed by atoms with Gasteiger partial charge in [-0.15, -0.1) is 0 Å². The fourth-order valence-corrected chi connectivity index (χ4v) is 2.16. The van der Waals surface area contributed by atoms with Crippen molar-refractivity contribution in [2.24, 2.45) is 0 Å². The number of rotatable bonds is 4. The first-order valence-corrected chi connectivity index (χ1v) is 6.63. The number of hydrogen-bond acceptors (Lipinski definition) is 4. The Morgan fingerprint density at radius 2 is 2.05 bits per heavy atom. The summed E-state index contributed by atoms with van der Waals surface area (Å²) in [6.07, 6.45) is 0. The number of halogens is 1.